The molecule has 0 radical (unpaired) electrons. The van der Waals surface area contributed by atoms with Gasteiger partial charge in [0.15, 0.2) is 0 Å². The fourth-order valence-electron chi connectivity index (χ4n) is 3.14. The van der Waals surface area contributed by atoms with Gasteiger partial charge in [0.1, 0.15) is 0 Å². The van der Waals surface area contributed by atoms with Crippen LogP contribution in [-0.2, 0) is 4.79 Å². The van der Waals surface area contributed by atoms with Gasteiger partial charge in [-0.3, -0.25) is 4.79 Å². The molecule has 2 atom stereocenters. The third-order valence-corrected chi connectivity index (χ3v) is 5.60. The predicted molar refractivity (Wildman–Crippen MR) is 83.3 cm³/mol. The molecule has 1 amide bonds. The number of rotatable bonds is 3. The maximum absolute atomic E-state index is 12.3. The number of fused-ring (bicyclic) bond motifs is 1. The molecule has 20 heavy (non-hydrogen) atoms. The number of halogens is 1. The number of benzene rings is 1. The number of carbonyl (C=O) groups excluding carboxylic acids is 1. The highest BCUT2D eigenvalue weighted by atomic mass is 35.5. The summed E-state index contributed by atoms with van der Waals surface area (Å²) in [4.78, 5) is 17.8. The number of amides is 1. The van der Waals surface area contributed by atoms with Gasteiger partial charge in [-0.1, -0.05) is 11.6 Å². The summed E-state index contributed by atoms with van der Waals surface area (Å²) in [6, 6.07) is 8.24. The number of hydrogen-bond donors (Lipinski definition) is 0. The highest BCUT2D eigenvalue weighted by Gasteiger charge is 2.40. The zero-order valence-corrected chi connectivity index (χ0v) is 13.2. The summed E-state index contributed by atoms with van der Waals surface area (Å²) in [5, 5.41) is 0.732. The molecule has 2 aliphatic rings. The summed E-state index contributed by atoms with van der Waals surface area (Å²) in [5.41, 5.74) is 0. The lowest BCUT2D eigenvalue weighted by Crippen LogP contribution is -2.35. The van der Waals surface area contributed by atoms with Crippen LogP contribution in [0.1, 0.15) is 6.42 Å². The summed E-state index contributed by atoms with van der Waals surface area (Å²) in [7, 11) is 2.17. The Kier molecular flexibility index (Phi) is 4.24. The predicted octanol–water partition coefficient (Wildman–Crippen LogP) is 2.59. The van der Waals surface area contributed by atoms with E-state index >= 15 is 0 Å². The van der Waals surface area contributed by atoms with E-state index in [1.807, 2.05) is 29.2 Å². The highest BCUT2D eigenvalue weighted by Crippen LogP contribution is 2.31. The molecule has 1 aromatic rings. The first-order chi connectivity index (χ1) is 9.63. The first kappa shape index (κ1) is 14.2. The van der Waals surface area contributed by atoms with Gasteiger partial charge >= 0.3 is 0 Å². The van der Waals surface area contributed by atoms with Crippen LogP contribution in [0.4, 0.5) is 0 Å². The van der Waals surface area contributed by atoms with Gasteiger partial charge in [0, 0.05) is 29.0 Å². The maximum Gasteiger partial charge on any atom is 0.232 e. The van der Waals surface area contributed by atoms with Crippen molar-refractivity contribution in [3.8, 4) is 0 Å². The molecule has 108 valence electrons. The first-order valence-corrected chi connectivity index (χ1v) is 8.36. The Morgan fingerprint density at radius 2 is 2.10 bits per heavy atom. The minimum atomic E-state index is 0.257. The molecular weight excluding hydrogens is 292 g/mol. The van der Waals surface area contributed by atoms with E-state index in [0.29, 0.717) is 17.7 Å². The van der Waals surface area contributed by atoms with Crippen LogP contribution >= 0.6 is 23.4 Å². The molecule has 2 heterocycles. The fraction of sp³-hybridized carbons (Fsp3) is 0.533. The smallest absolute Gasteiger partial charge is 0.232 e. The first-order valence-electron chi connectivity index (χ1n) is 7.00. The van der Waals surface area contributed by atoms with Gasteiger partial charge in [-0.05, 0) is 50.2 Å². The Morgan fingerprint density at radius 3 is 2.80 bits per heavy atom. The second-order valence-corrected chi connectivity index (χ2v) is 7.12. The quantitative estimate of drug-likeness (QED) is 0.802. The number of likely N-dealkylation sites (N-methyl/N-ethyl adjacent to an activating group) is 1. The van der Waals surface area contributed by atoms with E-state index in [1.165, 1.54) is 13.0 Å². The molecule has 0 aromatic heterocycles. The zero-order chi connectivity index (χ0) is 14.1. The van der Waals surface area contributed by atoms with Gasteiger partial charge in [-0.25, -0.2) is 0 Å². The minimum Gasteiger partial charge on any atom is -0.340 e. The average Bonchev–Trinajstić information content (AvgIpc) is 3.01. The molecule has 3 rings (SSSR count). The summed E-state index contributed by atoms with van der Waals surface area (Å²) in [6.45, 7) is 3.02. The number of thioether (sulfide) groups is 1. The van der Waals surface area contributed by atoms with Crippen molar-refractivity contribution in [1.82, 2.24) is 9.80 Å². The van der Waals surface area contributed by atoms with Crippen LogP contribution in [0.2, 0.25) is 5.02 Å². The third kappa shape index (κ3) is 2.97. The standard InChI is InChI=1S/C15H19ClN2OS/c1-17-7-6-11-8-18(9-14(11)17)15(19)10-20-13-4-2-12(16)3-5-13/h2-5,11,14H,6-10H2,1H3/t11-,14+/m0/s1. The lowest BCUT2D eigenvalue weighted by Gasteiger charge is -2.20. The largest absolute Gasteiger partial charge is 0.340 e. The SMILES string of the molecule is CN1CC[C@H]2CN(C(=O)CSc3ccc(Cl)cc3)C[C@H]21. The van der Waals surface area contributed by atoms with E-state index in [9.17, 15) is 4.79 Å². The monoisotopic (exact) mass is 310 g/mol. The molecule has 0 bridgehead atoms. The molecule has 2 saturated heterocycles. The molecule has 3 nitrogen and oxygen atoms in total. The summed E-state index contributed by atoms with van der Waals surface area (Å²) in [5.74, 6) is 1.46. The van der Waals surface area contributed by atoms with E-state index < -0.39 is 0 Å². The number of likely N-dealkylation sites (tertiary alicyclic amines) is 2. The van der Waals surface area contributed by atoms with Gasteiger partial charge < -0.3 is 9.80 Å². The van der Waals surface area contributed by atoms with E-state index in [4.69, 9.17) is 11.6 Å². The van der Waals surface area contributed by atoms with Crippen molar-refractivity contribution in [2.75, 3.05) is 32.4 Å². The Balaban J connectivity index is 1.52. The van der Waals surface area contributed by atoms with Crippen LogP contribution in [0.15, 0.2) is 29.2 Å². The van der Waals surface area contributed by atoms with Gasteiger partial charge in [0.05, 0.1) is 5.75 Å². The molecular formula is C15H19ClN2OS. The van der Waals surface area contributed by atoms with Crippen LogP contribution in [0.25, 0.3) is 0 Å². The summed E-state index contributed by atoms with van der Waals surface area (Å²) in [6.07, 6.45) is 1.23. The van der Waals surface area contributed by atoms with Crippen LogP contribution in [0.5, 0.6) is 0 Å². The minimum absolute atomic E-state index is 0.257. The zero-order valence-electron chi connectivity index (χ0n) is 11.6. The number of nitrogens with zero attached hydrogens (tertiary/aromatic N) is 2. The van der Waals surface area contributed by atoms with Gasteiger partial charge in [-0.15, -0.1) is 11.8 Å². The Morgan fingerprint density at radius 1 is 1.35 bits per heavy atom. The summed E-state index contributed by atoms with van der Waals surface area (Å²) >= 11 is 7.45. The van der Waals surface area contributed by atoms with E-state index in [-0.39, 0.29) is 5.91 Å². The average molecular weight is 311 g/mol. The highest BCUT2D eigenvalue weighted by molar-refractivity contribution is 8.00. The van der Waals surface area contributed by atoms with Crippen molar-refractivity contribution in [3.05, 3.63) is 29.3 Å². The van der Waals surface area contributed by atoms with Crippen molar-refractivity contribution >= 4 is 29.3 Å². The lowest BCUT2D eigenvalue weighted by molar-refractivity contribution is -0.127. The molecule has 2 fully saturated rings. The van der Waals surface area contributed by atoms with Crippen LogP contribution in [-0.4, -0.2) is 54.2 Å². The Bertz CT molecular complexity index is 493. The molecule has 2 aliphatic heterocycles. The fourth-order valence-corrected chi connectivity index (χ4v) is 4.07. The van der Waals surface area contributed by atoms with Crippen LogP contribution in [0.3, 0.4) is 0 Å². The van der Waals surface area contributed by atoms with Crippen molar-refractivity contribution in [1.29, 1.82) is 0 Å². The number of carbonyl (C=O) groups is 1. The summed E-state index contributed by atoms with van der Waals surface area (Å²) < 4.78 is 0. The second kappa shape index (κ2) is 5.96. The van der Waals surface area contributed by atoms with E-state index in [0.717, 1.165) is 23.0 Å². The molecule has 0 spiro atoms. The van der Waals surface area contributed by atoms with Crippen molar-refractivity contribution in [3.63, 3.8) is 0 Å². The van der Waals surface area contributed by atoms with E-state index in [1.54, 1.807) is 11.8 Å². The molecule has 5 heteroatoms. The molecule has 0 N–H and O–H groups in total. The van der Waals surface area contributed by atoms with Crippen molar-refractivity contribution < 1.29 is 4.79 Å². The van der Waals surface area contributed by atoms with Gasteiger partial charge in [0.25, 0.3) is 0 Å². The molecule has 0 aliphatic carbocycles. The van der Waals surface area contributed by atoms with Crippen LogP contribution < -0.4 is 0 Å². The molecule has 1 aromatic carbocycles. The van der Waals surface area contributed by atoms with Crippen molar-refractivity contribution in [2.45, 2.75) is 17.4 Å². The lowest BCUT2D eigenvalue weighted by atomic mass is 10.1. The third-order valence-electron chi connectivity index (χ3n) is 4.35. The topological polar surface area (TPSA) is 23.6 Å². The maximum atomic E-state index is 12.3. The Hall–Kier alpha value is -0.710. The molecule has 0 unspecified atom stereocenters. The molecule has 0 saturated carbocycles. The Labute approximate surface area is 129 Å². The van der Waals surface area contributed by atoms with Crippen LogP contribution in [0, 0.1) is 5.92 Å². The normalized spacial score (nSPS) is 26.0. The van der Waals surface area contributed by atoms with Crippen molar-refractivity contribution in [2.24, 2.45) is 5.92 Å². The van der Waals surface area contributed by atoms with Gasteiger partial charge in [-0.2, -0.15) is 0 Å². The second-order valence-electron chi connectivity index (χ2n) is 5.64. The number of hydrogen-bond acceptors (Lipinski definition) is 3. The van der Waals surface area contributed by atoms with E-state index in [2.05, 4.69) is 11.9 Å². The van der Waals surface area contributed by atoms with Gasteiger partial charge in [0.2, 0.25) is 5.91 Å².